The Kier molecular flexibility index (Phi) is 6.45. The summed E-state index contributed by atoms with van der Waals surface area (Å²) in [6, 6.07) is 7.98. The average Bonchev–Trinajstić information content (AvgIpc) is 2.59. The molecule has 4 nitrogen and oxygen atoms in total. The summed E-state index contributed by atoms with van der Waals surface area (Å²) in [5.74, 6) is 0.233. The summed E-state index contributed by atoms with van der Waals surface area (Å²) < 4.78 is 0. The second-order valence-electron chi connectivity index (χ2n) is 6.39. The zero-order valence-electron chi connectivity index (χ0n) is 14.2. The van der Waals surface area contributed by atoms with Gasteiger partial charge >= 0.3 is 0 Å². The largest absolute Gasteiger partial charge is 0.340 e. The molecule has 1 aromatic rings. The topological polar surface area (TPSA) is 49.6 Å². The SMILES string of the molecule is CCC(CC)(CN)C(=O)N1CCN(Cc2ccc(Cl)cc2)CC1. The third kappa shape index (κ3) is 4.25. The van der Waals surface area contributed by atoms with E-state index in [9.17, 15) is 4.79 Å². The minimum Gasteiger partial charge on any atom is -0.340 e. The number of benzene rings is 1. The molecule has 128 valence electrons. The Balaban J connectivity index is 1.90. The van der Waals surface area contributed by atoms with Crippen molar-refractivity contribution >= 4 is 17.5 Å². The van der Waals surface area contributed by atoms with Crippen molar-refractivity contribution in [1.29, 1.82) is 0 Å². The molecule has 23 heavy (non-hydrogen) atoms. The lowest BCUT2D eigenvalue weighted by Crippen LogP contribution is -2.54. The van der Waals surface area contributed by atoms with E-state index in [1.54, 1.807) is 0 Å². The normalized spacial score (nSPS) is 16.6. The van der Waals surface area contributed by atoms with E-state index in [0.717, 1.165) is 50.6 Å². The molecule has 0 aliphatic carbocycles. The maximum absolute atomic E-state index is 12.8. The van der Waals surface area contributed by atoms with E-state index in [1.807, 2.05) is 17.0 Å². The number of carbonyl (C=O) groups excluding carboxylic acids is 1. The molecule has 1 saturated heterocycles. The zero-order valence-corrected chi connectivity index (χ0v) is 15.0. The lowest BCUT2D eigenvalue weighted by atomic mass is 9.81. The maximum Gasteiger partial charge on any atom is 0.230 e. The van der Waals surface area contributed by atoms with Gasteiger partial charge in [0, 0.05) is 44.3 Å². The predicted molar refractivity (Wildman–Crippen MR) is 95.4 cm³/mol. The lowest BCUT2D eigenvalue weighted by Gasteiger charge is -2.40. The van der Waals surface area contributed by atoms with Gasteiger partial charge in [0.1, 0.15) is 0 Å². The number of rotatable bonds is 6. The van der Waals surface area contributed by atoms with E-state index in [4.69, 9.17) is 17.3 Å². The molecule has 1 fully saturated rings. The Labute approximate surface area is 144 Å². The van der Waals surface area contributed by atoms with Crippen LogP contribution in [0.5, 0.6) is 0 Å². The van der Waals surface area contributed by atoms with Crippen molar-refractivity contribution in [2.45, 2.75) is 33.2 Å². The highest BCUT2D eigenvalue weighted by Gasteiger charge is 2.37. The van der Waals surface area contributed by atoms with Crippen molar-refractivity contribution in [1.82, 2.24) is 9.80 Å². The monoisotopic (exact) mass is 337 g/mol. The number of amides is 1. The molecule has 1 aliphatic heterocycles. The molecule has 5 heteroatoms. The number of halogens is 1. The van der Waals surface area contributed by atoms with Crippen LogP contribution in [0.1, 0.15) is 32.3 Å². The number of hydrogen-bond donors (Lipinski definition) is 1. The van der Waals surface area contributed by atoms with E-state index in [-0.39, 0.29) is 11.3 Å². The first-order valence-electron chi connectivity index (χ1n) is 8.51. The van der Waals surface area contributed by atoms with Gasteiger partial charge in [-0.3, -0.25) is 9.69 Å². The molecule has 0 spiro atoms. The maximum atomic E-state index is 12.8. The fourth-order valence-corrected chi connectivity index (χ4v) is 3.35. The van der Waals surface area contributed by atoms with Crippen LogP contribution in [0.25, 0.3) is 0 Å². The van der Waals surface area contributed by atoms with Gasteiger partial charge in [0.15, 0.2) is 0 Å². The molecule has 0 radical (unpaired) electrons. The van der Waals surface area contributed by atoms with Gasteiger partial charge in [0.2, 0.25) is 5.91 Å². The number of nitrogens with two attached hydrogens (primary N) is 1. The Bertz CT molecular complexity index is 497. The van der Waals surface area contributed by atoms with Gasteiger partial charge in [-0.2, -0.15) is 0 Å². The smallest absolute Gasteiger partial charge is 0.230 e. The lowest BCUT2D eigenvalue weighted by molar-refractivity contribution is -0.144. The molecule has 2 N–H and O–H groups in total. The van der Waals surface area contributed by atoms with Crippen LogP contribution in [0.2, 0.25) is 5.02 Å². The van der Waals surface area contributed by atoms with Gasteiger partial charge in [-0.15, -0.1) is 0 Å². The number of carbonyl (C=O) groups is 1. The highest BCUT2D eigenvalue weighted by atomic mass is 35.5. The van der Waals surface area contributed by atoms with Crippen LogP contribution >= 0.6 is 11.6 Å². The van der Waals surface area contributed by atoms with Gasteiger partial charge < -0.3 is 10.6 Å². The van der Waals surface area contributed by atoms with Gasteiger partial charge in [-0.05, 0) is 30.5 Å². The van der Waals surface area contributed by atoms with Crippen LogP contribution in [-0.4, -0.2) is 48.4 Å². The van der Waals surface area contributed by atoms with Crippen molar-refractivity contribution in [3.05, 3.63) is 34.9 Å². The molecule has 1 heterocycles. The fraction of sp³-hybridized carbons (Fsp3) is 0.611. The Hall–Kier alpha value is -1.10. The summed E-state index contributed by atoms with van der Waals surface area (Å²) in [7, 11) is 0. The zero-order chi connectivity index (χ0) is 16.9. The summed E-state index contributed by atoms with van der Waals surface area (Å²) in [6.07, 6.45) is 1.62. The predicted octanol–water partition coefficient (Wildman–Crippen LogP) is 2.75. The molecule has 0 saturated carbocycles. The Morgan fingerprint density at radius 3 is 2.17 bits per heavy atom. The van der Waals surface area contributed by atoms with Crippen LogP contribution in [0.3, 0.4) is 0 Å². The third-order valence-electron chi connectivity index (χ3n) is 5.18. The van der Waals surface area contributed by atoms with E-state index >= 15 is 0 Å². The van der Waals surface area contributed by atoms with E-state index in [1.165, 1.54) is 5.56 Å². The van der Waals surface area contributed by atoms with Crippen molar-refractivity contribution in [2.75, 3.05) is 32.7 Å². The van der Waals surface area contributed by atoms with Crippen molar-refractivity contribution in [3.63, 3.8) is 0 Å². The van der Waals surface area contributed by atoms with Crippen molar-refractivity contribution < 1.29 is 4.79 Å². The summed E-state index contributed by atoms with van der Waals surface area (Å²) in [6.45, 7) is 8.84. The van der Waals surface area contributed by atoms with E-state index in [2.05, 4.69) is 30.9 Å². The second-order valence-corrected chi connectivity index (χ2v) is 6.82. The summed E-state index contributed by atoms with van der Waals surface area (Å²) in [5.41, 5.74) is 6.79. The molecule has 0 bridgehead atoms. The van der Waals surface area contributed by atoms with Crippen LogP contribution < -0.4 is 5.73 Å². The average molecular weight is 338 g/mol. The van der Waals surface area contributed by atoms with Crippen molar-refractivity contribution in [2.24, 2.45) is 11.1 Å². The molecule has 1 amide bonds. The summed E-state index contributed by atoms with van der Waals surface area (Å²) in [5, 5.41) is 0.765. The molecule has 2 rings (SSSR count). The number of piperazine rings is 1. The van der Waals surface area contributed by atoms with Crippen LogP contribution in [0.15, 0.2) is 24.3 Å². The van der Waals surface area contributed by atoms with Crippen molar-refractivity contribution in [3.8, 4) is 0 Å². The summed E-state index contributed by atoms with van der Waals surface area (Å²) in [4.78, 5) is 17.2. The Morgan fingerprint density at radius 2 is 1.70 bits per heavy atom. The molecule has 1 aromatic carbocycles. The highest BCUT2D eigenvalue weighted by Crippen LogP contribution is 2.28. The van der Waals surface area contributed by atoms with E-state index < -0.39 is 0 Å². The molecule has 0 aromatic heterocycles. The first-order valence-corrected chi connectivity index (χ1v) is 8.88. The quantitative estimate of drug-likeness (QED) is 0.868. The van der Waals surface area contributed by atoms with Gasteiger partial charge in [0.05, 0.1) is 5.41 Å². The molecule has 1 aliphatic rings. The first-order chi connectivity index (χ1) is 11.0. The van der Waals surface area contributed by atoms with Crippen LogP contribution in [0.4, 0.5) is 0 Å². The molecular formula is C18H28ClN3O. The minimum atomic E-state index is -0.377. The third-order valence-corrected chi connectivity index (χ3v) is 5.43. The Morgan fingerprint density at radius 1 is 1.13 bits per heavy atom. The standard InChI is InChI=1S/C18H28ClN3O/c1-3-18(4-2,14-20)17(23)22-11-9-21(10-12-22)13-15-5-7-16(19)8-6-15/h5-8H,3-4,9-14,20H2,1-2H3. The second kappa shape index (κ2) is 8.13. The van der Waals surface area contributed by atoms with Gasteiger partial charge in [-0.1, -0.05) is 37.6 Å². The molecule has 0 unspecified atom stereocenters. The number of nitrogens with zero attached hydrogens (tertiary/aromatic N) is 2. The van der Waals surface area contributed by atoms with Crippen LogP contribution in [0, 0.1) is 5.41 Å². The highest BCUT2D eigenvalue weighted by molar-refractivity contribution is 6.30. The first kappa shape index (κ1) is 18.2. The van der Waals surface area contributed by atoms with Gasteiger partial charge in [-0.25, -0.2) is 0 Å². The molecular weight excluding hydrogens is 310 g/mol. The number of hydrogen-bond acceptors (Lipinski definition) is 3. The minimum absolute atomic E-state index is 0.233. The fourth-order valence-electron chi connectivity index (χ4n) is 3.22. The summed E-state index contributed by atoms with van der Waals surface area (Å²) >= 11 is 5.92. The molecule has 0 atom stereocenters. The van der Waals surface area contributed by atoms with E-state index in [0.29, 0.717) is 6.54 Å². The van der Waals surface area contributed by atoms with Crippen LogP contribution in [-0.2, 0) is 11.3 Å². The van der Waals surface area contributed by atoms with Gasteiger partial charge in [0.25, 0.3) is 0 Å².